The molecule has 0 unspecified atom stereocenters. The molecule has 236 valence electrons. The van der Waals surface area contributed by atoms with Crippen molar-refractivity contribution >= 4 is 65.3 Å². The Morgan fingerprint density at radius 3 is 1.80 bits per heavy atom. The van der Waals surface area contributed by atoms with Gasteiger partial charge in [0.05, 0.1) is 17.9 Å². The summed E-state index contributed by atoms with van der Waals surface area (Å²) in [7, 11) is 0. The van der Waals surface area contributed by atoms with Crippen molar-refractivity contribution in [2.45, 2.75) is 18.9 Å². The predicted octanol–water partition coefficient (Wildman–Crippen LogP) is -1.02. The van der Waals surface area contributed by atoms with Gasteiger partial charge in [-0.25, -0.2) is 9.98 Å². The first kappa shape index (κ1) is 34.8. The molecule has 1 fully saturated rings. The number of hydrogen-bond donors (Lipinski definition) is 7. The number of benzene rings is 2. The summed E-state index contributed by atoms with van der Waals surface area (Å²) in [5, 5.41) is 14.5. The fourth-order valence-electron chi connectivity index (χ4n) is 4.37. The highest BCUT2D eigenvalue weighted by Gasteiger charge is 2.37. The third-order valence-corrected chi connectivity index (χ3v) is 6.35. The van der Waals surface area contributed by atoms with Crippen LogP contribution in [0.1, 0.15) is 33.6 Å². The lowest BCUT2D eigenvalue weighted by atomic mass is 10.0. The van der Waals surface area contributed by atoms with Gasteiger partial charge in [0.2, 0.25) is 11.8 Å². The summed E-state index contributed by atoms with van der Waals surface area (Å²) in [4.78, 5) is 72.8. The van der Waals surface area contributed by atoms with E-state index in [2.05, 4.69) is 20.6 Å². The average molecular weight is 631 g/mol. The zero-order valence-corrected chi connectivity index (χ0v) is 24.5. The number of nitrogens with zero attached hydrogens (tertiary/aromatic N) is 4. The molecule has 0 radical (unpaired) electrons. The third-order valence-electron chi connectivity index (χ3n) is 6.35. The second-order valence-electron chi connectivity index (χ2n) is 9.50. The number of piperazine rings is 1. The van der Waals surface area contributed by atoms with Crippen LogP contribution in [0.25, 0.3) is 0 Å². The molecule has 0 aliphatic carbocycles. The molecule has 1 heterocycles. The standard InChI is InChI=1S/C27H34N10O6.ClH/c28-26(29)34-18-7-3-16(4-8-18)23(41)32-11-1-2-20-25(43)36(15-22(39)40)12-13-37(20)21(38)14-33-24(42)17-5-9-19(10-6-17)35-27(30)31;/h3-10,20H,1-2,11-15H2,(H,32,41)(H,33,42)(H,39,40)(H4,28,29,34)(H4,30,31,35);1H/t20-;/m0./s1. The highest BCUT2D eigenvalue weighted by Crippen LogP contribution is 2.18. The van der Waals surface area contributed by atoms with Gasteiger partial charge in [0.1, 0.15) is 12.6 Å². The summed E-state index contributed by atoms with van der Waals surface area (Å²) in [6, 6.07) is 11.4. The molecule has 2 aromatic rings. The average Bonchev–Trinajstić information content (AvgIpc) is 2.95. The summed E-state index contributed by atoms with van der Waals surface area (Å²) >= 11 is 0. The summed E-state index contributed by atoms with van der Waals surface area (Å²) in [5.41, 5.74) is 22.9. The van der Waals surface area contributed by atoms with Crippen LogP contribution in [0.2, 0.25) is 0 Å². The maximum atomic E-state index is 13.1. The minimum Gasteiger partial charge on any atom is -0.480 e. The van der Waals surface area contributed by atoms with E-state index >= 15 is 0 Å². The number of amides is 4. The van der Waals surface area contributed by atoms with Crippen molar-refractivity contribution in [1.82, 2.24) is 20.4 Å². The van der Waals surface area contributed by atoms with E-state index in [1.54, 1.807) is 24.3 Å². The highest BCUT2D eigenvalue weighted by molar-refractivity contribution is 5.98. The van der Waals surface area contributed by atoms with E-state index in [0.29, 0.717) is 23.4 Å². The molecular weight excluding hydrogens is 596 g/mol. The van der Waals surface area contributed by atoms with E-state index in [4.69, 9.17) is 22.9 Å². The first-order chi connectivity index (χ1) is 20.4. The molecule has 1 saturated heterocycles. The van der Waals surface area contributed by atoms with Gasteiger partial charge in [0.25, 0.3) is 11.8 Å². The number of carboxylic acids is 1. The van der Waals surface area contributed by atoms with E-state index in [9.17, 15) is 29.1 Å². The molecule has 0 spiro atoms. The van der Waals surface area contributed by atoms with Crippen LogP contribution < -0.4 is 33.6 Å². The topological polar surface area (TPSA) is 265 Å². The number of carbonyl (C=O) groups excluding carboxylic acids is 4. The van der Waals surface area contributed by atoms with Crippen molar-refractivity contribution in [2.75, 3.05) is 32.7 Å². The fourth-order valence-corrected chi connectivity index (χ4v) is 4.37. The molecule has 3 rings (SSSR count). The van der Waals surface area contributed by atoms with Crippen LogP contribution in [-0.4, -0.2) is 95.2 Å². The molecule has 0 bridgehead atoms. The Labute approximate surface area is 258 Å². The van der Waals surface area contributed by atoms with Crippen LogP contribution >= 0.6 is 12.4 Å². The van der Waals surface area contributed by atoms with Crippen molar-refractivity contribution in [3.05, 3.63) is 59.7 Å². The molecule has 1 atom stereocenters. The van der Waals surface area contributed by atoms with Crippen molar-refractivity contribution < 1.29 is 29.1 Å². The Morgan fingerprint density at radius 1 is 0.818 bits per heavy atom. The number of halogens is 1. The number of guanidine groups is 2. The molecule has 0 saturated carbocycles. The fraction of sp³-hybridized carbons (Fsp3) is 0.296. The maximum absolute atomic E-state index is 13.1. The Hall–Kier alpha value is -5.38. The molecule has 1 aliphatic heterocycles. The number of carbonyl (C=O) groups is 5. The van der Waals surface area contributed by atoms with E-state index < -0.39 is 36.3 Å². The van der Waals surface area contributed by atoms with Crippen LogP contribution in [0.5, 0.6) is 0 Å². The van der Waals surface area contributed by atoms with Gasteiger partial charge in [-0.2, -0.15) is 0 Å². The minimum atomic E-state index is -1.18. The summed E-state index contributed by atoms with van der Waals surface area (Å²) in [6.07, 6.45) is 0.470. The van der Waals surface area contributed by atoms with Gasteiger partial charge >= 0.3 is 5.97 Å². The molecule has 44 heavy (non-hydrogen) atoms. The van der Waals surface area contributed by atoms with Gasteiger partial charge < -0.3 is 48.5 Å². The van der Waals surface area contributed by atoms with Crippen molar-refractivity contribution in [3.63, 3.8) is 0 Å². The van der Waals surface area contributed by atoms with E-state index in [1.807, 2.05) is 0 Å². The zero-order chi connectivity index (χ0) is 31.5. The lowest BCUT2D eigenvalue weighted by molar-refractivity contribution is -0.155. The van der Waals surface area contributed by atoms with Gasteiger partial charge in [-0.15, -0.1) is 12.4 Å². The summed E-state index contributed by atoms with van der Waals surface area (Å²) in [5.74, 6) is -3.33. The van der Waals surface area contributed by atoms with Gasteiger partial charge in [-0.3, -0.25) is 24.0 Å². The van der Waals surface area contributed by atoms with Gasteiger partial charge in [0, 0.05) is 30.8 Å². The number of carboxylic acid groups (broad SMARTS) is 1. The van der Waals surface area contributed by atoms with E-state index in [1.165, 1.54) is 34.1 Å². The highest BCUT2D eigenvalue weighted by atomic mass is 35.5. The molecule has 16 nitrogen and oxygen atoms in total. The molecule has 0 aromatic heterocycles. The summed E-state index contributed by atoms with van der Waals surface area (Å²) in [6.45, 7) is -0.591. The first-order valence-electron chi connectivity index (χ1n) is 13.2. The number of aliphatic carboxylic acids is 1. The number of hydrogen-bond acceptors (Lipinski definition) is 7. The lowest BCUT2D eigenvalue weighted by Gasteiger charge is -2.40. The van der Waals surface area contributed by atoms with Crippen LogP contribution in [0.3, 0.4) is 0 Å². The summed E-state index contributed by atoms with van der Waals surface area (Å²) < 4.78 is 0. The maximum Gasteiger partial charge on any atom is 0.323 e. The smallest absolute Gasteiger partial charge is 0.323 e. The largest absolute Gasteiger partial charge is 0.480 e. The molecule has 11 N–H and O–H groups in total. The monoisotopic (exact) mass is 630 g/mol. The normalized spacial score (nSPS) is 14.1. The number of nitrogens with two attached hydrogens (primary N) is 4. The number of aliphatic imine (C=N–C) groups is 2. The Bertz CT molecular complexity index is 1410. The zero-order valence-electron chi connectivity index (χ0n) is 23.6. The van der Waals surface area contributed by atoms with Crippen LogP contribution in [-0.2, 0) is 14.4 Å². The molecule has 1 aliphatic rings. The van der Waals surface area contributed by atoms with Crippen molar-refractivity contribution in [1.29, 1.82) is 0 Å². The second-order valence-corrected chi connectivity index (χ2v) is 9.50. The van der Waals surface area contributed by atoms with Gasteiger partial charge in [-0.05, 0) is 61.4 Å². The molecule has 17 heteroatoms. The molecular formula is C27H35ClN10O6. The van der Waals surface area contributed by atoms with Crippen molar-refractivity contribution in [2.24, 2.45) is 32.9 Å². The third kappa shape index (κ3) is 10.2. The number of nitrogens with one attached hydrogen (secondary N) is 2. The van der Waals surface area contributed by atoms with Crippen molar-refractivity contribution in [3.8, 4) is 0 Å². The second kappa shape index (κ2) is 16.3. The molecule has 4 amide bonds. The van der Waals surface area contributed by atoms with Crippen LogP contribution in [0, 0.1) is 0 Å². The van der Waals surface area contributed by atoms with E-state index in [-0.39, 0.29) is 68.4 Å². The lowest BCUT2D eigenvalue weighted by Crippen LogP contribution is -2.60. The quantitative estimate of drug-likeness (QED) is 0.0852. The van der Waals surface area contributed by atoms with E-state index in [0.717, 1.165) is 0 Å². The number of rotatable bonds is 12. The van der Waals surface area contributed by atoms with Gasteiger partial charge in [0.15, 0.2) is 11.9 Å². The van der Waals surface area contributed by atoms with Gasteiger partial charge in [-0.1, -0.05) is 0 Å². The van der Waals surface area contributed by atoms with Crippen LogP contribution in [0.15, 0.2) is 58.5 Å². The Balaban J connectivity index is 0.00000675. The minimum absolute atomic E-state index is 0. The van der Waals surface area contributed by atoms with Crippen LogP contribution in [0.4, 0.5) is 11.4 Å². The SMILES string of the molecule is Cl.NC(N)=Nc1ccc(C(=O)NCCC[C@H]2C(=O)N(CC(=O)O)CCN2C(=O)CNC(=O)c2ccc(N=C(N)N)cc2)cc1. The Morgan fingerprint density at radius 2 is 1.32 bits per heavy atom. The molecule has 2 aromatic carbocycles. The first-order valence-corrected chi connectivity index (χ1v) is 13.2. The Kier molecular flexibility index (Phi) is 12.9. The predicted molar refractivity (Wildman–Crippen MR) is 165 cm³/mol.